The first-order valence-electron chi connectivity index (χ1n) is 6.85. The molecule has 20 heavy (non-hydrogen) atoms. The largest absolute Gasteiger partial charge is 0.482 e. The van der Waals surface area contributed by atoms with Gasteiger partial charge in [-0.15, -0.1) is 0 Å². The zero-order chi connectivity index (χ0) is 15.0. The Bertz CT molecular complexity index is 435. The number of carbonyl (C=O) groups is 1. The summed E-state index contributed by atoms with van der Waals surface area (Å²) in [5.74, 6) is 0.231. The van der Waals surface area contributed by atoms with Crippen LogP contribution >= 0.6 is 11.6 Å². The van der Waals surface area contributed by atoms with Crippen LogP contribution in [-0.2, 0) is 16.1 Å². The number of halogens is 1. The average Bonchev–Trinajstić information content (AvgIpc) is 2.38. The normalized spacial score (nSPS) is 10.7. The van der Waals surface area contributed by atoms with Gasteiger partial charge >= 0.3 is 5.97 Å². The lowest BCUT2D eigenvalue weighted by Crippen LogP contribution is -2.20. The molecule has 1 rings (SSSR count). The maximum absolute atomic E-state index is 11.5. The minimum Gasteiger partial charge on any atom is -0.482 e. The van der Waals surface area contributed by atoms with E-state index in [0.717, 1.165) is 18.5 Å². The summed E-state index contributed by atoms with van der Waals surface area (Å²) in [7, 11) is 0. The van der Waals surface area contributed by atoms with Gasteiger partial charge < -0.3 is 14.8 Å². The van der Waals surface area contributed by atoms with Gasteiger partial charge in [0.05, 0.1) is 6.10 Å². The summed E-state index contributed by atoms with van der Waals surface area (Å²) in [5.41, 5.74) is 0.861. The van der Waals surface area contributed by atoms with Crippen LogP contribution in [0.5, 0.6) is 5.75 Å². The number of hydrogen-bond acceptors (Lipinski definition) is 4. The minimum atomic E-state index is -0.382. The van der Waals surface area contributed by atoms with Gasteiger partial charge in [-0.25, -0.2) is 4.79 Å². The van der Waals surface area contributed by atoms with Crippen molar-refractivity contribution in [3.8, 4) is 5.75 Å². The fourth-order valence-corrected chi connectivity index (χ4v) is 1.90. The lowest BCUT2D eigenvalue weighted by atomic mass is 10.2. The molecular weight excluding hydrogens is 278 g/mol. The number of benzene rings is 1. The molecule has 0 saturated heterocycles. The number of nitrogens with one attached hydrogen (secondary N) is 1. The summed E-state index contributed by atoms with van der Waals surface area (Å²) in [6.45, 7) is 7.11. The van der Waals surface area contributed by atoms with Crippen molar-refractivity contribution in [2.24, 2.45) is 0 Å². The molecule has 0 aliphatic heterocycles. The summed E-state index contributed by atoms with van der Waals surface area (Å²) < 4.78 is 10.5. The van der Waals surface area contributed by atoms with Crippen LogP contribution in [0.3, 0.4) is 0 Å². The van der Waals surface area contributed by atoms with Crippen LogP contribution in [0.15, 0.2) is 18.2 Å². The van der Waals surface area contributed by atoms with E-state index in [1.807, 2.05) is 6.07 Å². The fourth-order valence-electron chi connectivity index (χ4n) is 1.67. The van der Waals surface area contributed by atoms with E-state index in [2.05, 4.69) is 12.2 Å². The van der Waals surface area contributed by atoms with Gasteiger partial charge in [0.1, 0.15) is 5.75 Å². The number of ether oxygens (including phenoxy) is 2. The molecule has 4 nitrogen and oxygen atoms in total. The molecule has 0 aliphatic carbocycles. The molecule has 0 atom stereocenters. The zero-order valence-electron chi connectivity index (χ0n) is 12.2. The van der Waals surface area contributed by atoms with E-state index >= 15 is 0 Å². The van der Waals surface area contributed by atoms with Crippen molar-refractivity contribution >= 4 is 17.6 Å². The molecule has 0 fully saturated rings. The van der Waals surface area contributed by atoms with Crippen molar-refractivity contribution in [3.05, 3.63) is 28.8 Å². The quantitative estimate of drug-likeness (QED) is 0.592. The zero-order valence-corrected chi connectivity index (χ0v) is 13.0. The first kappa shape index (κ1) is 16.8. The average molecular weight is 300 g/mol. The summed E-state index contributed by atoms with van der Waals surface area (Å²) >= 11 is 6.17. The van der Waals surface area contributed by atoms with Gasteiger partial charge in [0.2, 0.25) is 0 Å². The lowest BCUT2D eigenvalue weighted by molar-refractivity contribution is -0.149. The third-order valence-electron chi connectivity index (χ3n) is 2.52. The van der Waals surface area contributed by atoms with Gasteiger partial charge in [-0.2, -0.15) is 0 Å². The maximum atomic E-state index is 11.5. The highest BCUT2D eigenvalue weighted by atomic mass is 35.5. The molecule has 0 aromatic heterocycles. The Morgan fingerprint density at radius 2 is 2.15 bits per heavy atom. The predicted octanol–water partition coefficient (Wildman–Crippen LogP) is 3.17. The van der Waals surface area contributed by atoms with Crippen LogP contribution in [0.1, 0.15) is 32.8 Å². The van der Waals surface area contributed by atoms with Gasteiger partial charge in [0.25, 0.3) is 0 Å². The van der Waals surface area contributed by atoms with Gasteiger partial charge in [-0.3, -0.25) is 0 Å². The smallest absolute Gasteiger partial charge is 0.344 e. The molecule has 0 saturated carbocycles. The Morgan fingerprint density at radius 3 is 2.80 bits per heavy atom. The predicted molar refractivity (Wildman–Crippen MR) is 80.2 cm³/mol. The van der Waals surface area contributed by atoms with Crippen LogP contribution in [0, 0.1) is 0 Å². The van der Waals surface area contributed by atoms with Crippen LogP contribution in [0.25, 0.3) is 0 Å². The Labute approximate surface area is 125 Å². The number of rotatable bonds is 8. The van der Waals surface area contributed by atoms with Gasteiger partial charge in [-0.05, 0) is 38.9 Å². The summed E-state index contributed by atoms with van der Waals surface area (Å²) in [5, 5.41) is 3.90. The number of carbonyl (C=O) groups excluding carboxylic acids is 1. The Morgan fingerprint density at radius 1 is 1.40 bits per heavy atom. The molecule has 1 N–H and O–H groups in total. The molecule has 0 unspecified atom stereocenters. The van der Waals surface area contributed by atoms with E-state index in [4.69, 9.17) is 21.1 Å². The Balaban J connectivity index is 2.64. The molecule has 112 valence electrons. The van der Waals surface area contributed by atoms with Crippen molar-refractivity contribution in [3.63, 3.8) is 0 Å². The second-order valence-corrected chi connectivity index (χ2v) is 5.13. The number of esters is 1. The van der Waals surface area contributed by atoms with Crippen molar-refractivity contribution in [1.82, 2.24) is 5.32 Å². The van der Waals surface area contributed by atoms with Crippen molar-refractivity contribution in [1.29, 1.82) is 0 Å². The summed E-state index contributed by atoms with van der Waals surface area (Å²) in [6, 6.07) is 5.41. The Hall–Kier alpha value is -1.26. The topological polar surface area (TPSA) is 47.6 Å². The highest BCUT2D eigenvalue weighted by molar-refractivity contribution is 6.31. The van der Waals surface area contributed by atoms with Gasteiger partial charge in [-0.1, -0.05) is 24.6 Å². The van der Waals surface area contributed by atoms with Crippen molar-refractivity contribution < 1.29 is 14.3 Å². The standard InChI is InChI=1S/C15H22ClNO3/c1-4-8-17-9-12-13(16)6-5-7-14(12)19-10-15(18)20-11(2)3/h5-7,11,17H,4,8-10H2,1-3H3. The monoisotopic (exact) mass is 299 g/mol. The van der Waals surface area contributed by atoms with Gasteiger partial charge in [0, 0.05) is 17.1 Å². The van der Waals surface area contributed by atoms with E-state index in [-0.39, 0.29) is 18.7 Å². The van der Waals surface area contributed by atoms with E-state index in [9.17, 15) is 4.79 Å². The maximum Gasteiger partial charge on any atom is 0.344 e. The SMILES string of the molecule is CCCNCc1c(Cl)cccc1OCC(=O)OC(C)C. The van der Waals surface area contributed by atoms with Crippen molar-refractivity contribution in [2.75, 3.05) is 13.2 Å². The highest BCUT2D eigenvalue weighted by Gasteiger charge is 2.11. The molecule has 0 bridgehead atoms. The molecule has 5 heteroatoms. The van der Waals surface area contributed by atoms with Crippen LogP contribution in [0.2, 0.25) is 5.02 Å². The van der Waals surface area contributed by atoms with Crippen molar-refractivity contribution in [2.45, 2.75) is 39.8 Å². The molecule has 1 aromatic rings. The van der Waals surface area contributed by atoms with E-state index in [1.54, 1.807) is 26.0 Å². The number of hydrogen-bond donors (Lipinski definition) is 1. The Kier molecular flexibility index (Phi) is 7.41. The van der Waals surface area contributed by atoms with Gasteiger partial charge in [0.15, 0.2) is 6.61 Å². The fraction of sp³-hybridized carbons (Fsp3) is 0.533. The molecular formula is C15H22ClNO3. The summed E-state index contributed by atoms with van der Waals surface area (Å²) in [6.07, 6.45) is 0.901. The molecule has 0 aliphatic rings. The van der Waals surface area contributed by atoms with E-state index in [1.165, 1.54) is 0 Å². The molecule has 1 aromatic carbocycles. The summed E-state index contributed by atoms with van der Waals surface area (Å²) in [4.78, 5) is 11.5. The minimum absolute atomic E-state index is 0.112. The first-order valence-corrected chi connectivity index (χ1v) is 7.22. The molecule has 0 spiro atoms. The lowest BCUT2D eigenvalue weighted by Gasteiger charge is -2.14. The molecule has 0 radical (unpaired) electrons. The van der Waals surface area contributed by atoms with Crippen LogP contribution < -0.4 is 10.1 Å². The van der Waals surface area contributed by atoms with E-state index < -0.39 is 0 Å². The van der Waals surface area contributed by atoms with Crippen LogP contribution in [-0.4, -0.2) is 25.2 Å². The third-order valence-corrected chi connectivity index (χ3v) is 2.87. The highest BCUT2D eigenvalue weighted by Crippen LogP contribution is 2.26. The second-order valence-electron chi connectivity index (χ2n) is 4.72. The van der Waals surface area contributed by atoms with Crippen LogP contribution in [0.4, 0.5) is 0 Å². The second kappa shape index (κ2) is 8.82. The molecule has 0 heterocycles. The first-order chi connectivity index (χ1) is 9.54. The molecule has 0 amide bonds. The third kappa shape index (κ3) is 5.80. The van der Waals surface area contributed by atoms with E-state index in [0.29, 0.717) is 17.3 Å².